The van der Waals surface area contributed by atoms with E-state index in [2.05, 4.69) is 4.72 Å². The molecule has 1 aliphatic rings. The average Bonchev–Trinajstić information content (AvgIpc) is 2.39. The normalized spacial score (nSPS) is 17.4. The summed E-state index contributed by atoms with van der Waals surface area (Å²) in [5.41, 5.74) is 5.98. The molecular formula is C12H16Cl2N2O3S. The topological polar surface area (TPSA) is 81.4 Å². The highest BCUT2D eigenvalue weighted by Crippen LogP contribution is 2.31. The Labute approximate surface area is 128 Å². The molecule has 1 fully saturated rings. The fourth-order valence-corrected chi connectivity index (χ4v) is 4.31. The second-order valence-electron chi connectivity index (χ2n) is 4.55. The third-order valence-electron chi connectivity index (χ3n) is 3.19. The van der Waals surface area contributed by atoms with Crippen molar-refractivity contribution in [3.8, 4) is 0 Å². The molecule has 0 amide bonds. The number of sulfonamides is 1. The van der Waals surface area contributed by atoms with Gasteiger partial charge in [-0.15, -0.1) is 0 Å². The highest BCUT2D eigenvalue weighted by molar-refractivity contribution is 7.89. The molecule has 0 spiro atoms. The number of rotatable bonds is 4. The summed E-state index contributed by atoms with van der Waals surface area (Å²) < 4.78 is 32.6. The van der Waals surface area contributed by atoms with Gasteiger partial charge in [0.15, 0.2) is 0 Å². The SMILES string of the molecule is NCc1c(Cl)ccc(S(=O)(=O)NC2CCOCC2)c1Cl. The maximum absolute atomic E-state index is 12.4. The van der Waals surface area contributed by atoms with Gasteiger partial charge in [0, 0.05) is 36.4 Å². The lowest BCUT2D eigenvalue weighted by Gasteiger charge is -2.23. The second-order valence-corrected chi connectivity index (χ2v) is 7.02. The third kappa shape index (κ3) is 3.44. The van der Waals surface area contributed by atoms with Gasteiger partial charge >= 0.3 is 0 Å². The highest BCUT2D eigenvalue weighted by Gasteiger charge is 2.25. The van der Waals surface area contributed by atoms with E-state index in [-0.39, 0.29) is 22.5 Å². The molecule has 112 valence electrons. The predicted octanol–water partition coefficient (Wildman–Crippen LogP) is 1.91. The molecule has 5 nitrogen and oxygen atoms in total. The molecule has 1 aromatic rings. The molecule has 1 aliphatic heterocycles. The number of nitrogens with one attached hydrogen (secondary N) is 1. The Morgan fingerprint density at radius 1 is 1.30 bits per heavy atom. The van der Waals surface area contributed by atoms with E-state index in [1.54, 1.807) is 0 Å². The average molecular weight is 339 g/mol. The van der Waals surface area contributed by atoms with E-state index in [1.165, 1.54) is 12.1 Å². The Balaban J connectivity index is 2.29. The third-order valence-corrected chi connectivity index (χ3v) is 5.65. The smallest absolute Gasteiger partial charge is 0.242 e. The number of halogens is 2. The lowest BCUT2D eigenvalue weighted by Crippen LogP contribution is -2.39. The van der Waals surface area contributed by atoms with Gasteiger partial charge in [0.2, 0.25) is 10.0 Å². The zero-order valence-corrected chi connectivity index (χ0v) is 13.1. The predicted molar refractivity (Wildman–Crippen MR) is 78.5 cm³/mol. The van der Waals surface area contributed by atoms with Crippen molar-refractivity contribution in [1.29, 1.82) is 0 Å². The summed E-state index contributed by atoms with van der Waals surface area (Å²) in [5, 5.41) is 0.446. The first kappa shape index (κ1) is 16.0. The van der Waals surface area contributed by atoms with Crippen LogP contribution >= 0.6 is 23.2 Å². The van der Waals surface area contributed by atoms with Crippen molar-refractivity contribution >= 4 is 33.2 Å². The van der Waals surface area contributed by atoms with Gasteiger partial charge < -0.3 is 10.5 Å². The quantitative estimate of drug-likeness (QED) is 0.878. The molecule has 0 unspecified atom stereocenters. The van der Waals surface area contributed by atoms with Crippen LogP contribution in [0, 0.1) is 0 Å². The summed E-state index contributed by atoms with van der Waals surface area (Å²) in [6, 6.07) is 2.75. The minimum Gasteiger partial charge on any atom is -0.381 e. The Hall–Kier alpha value is -0.370. The highest BCUT2D eigenvalue weighted by atomic mass is 35.5. The minimum atomic E-state index is -3.69. The number of ether oxygens (including phenoxy) is 1. The van der Waals surface area contributed by atoms with Crippen molar-refractivity contribution in [2.75, 3.05) is 13.2 Å². The first-order valence-corrected chi connectivity index (χ1v) is 8.46. The summed E-state index contributed by atoms with van der Waals surface area (Å²) in [4.78, 5) is 0.00973. The standard InChI is InChI=1S/C12H16Cl2N2O3S/c13-10-1-2-11(12(14)9(10)7-15)20(17,18)16-8-3-5-19-6-4-8/h1-2,8,16H,3-7,15H2. The molecular weight excluding hydrogens is 323 g/mol. The van der Waals surface area contributed by atoms with Crippen molar-refractivity contribution < 1.29 is 13.2 Å². The molecule has 3 N–H and O–H groups in total. The van der Waals surface area contributed by atoms with Gasteiger partial charge in [-0.1, -0.05) is 23.2 Å². The van der Waals surface area contributed by atoms with Crippen LogP contribution < -0.4 is 10.5 Å². The van der Waals surface area contributed by atoms with Crippen molar-refractivity contribution in [3.63, 3.8) is 0 Å². The van der Waals surface area contributed by atoms with Crippen LogP contribution in [-0.2, 0) is 21.3 Å². The molecule has 20 heavy (non-hydrogen) atoms. The second kappa shape index (κ2) is 6.60. The number of hydrogen-bond donors (Lipinski definition) is 2. The van der Waals surface area contributed by atoms with Crippen LogP contribution in [0.25, 0.3) is 0 Å². The largest absolute Gasteiger partial charge is 0.381 e. The Bertz CT molecular complexity index is 587. The fourth-order valence-electron chi connectivity index (χ4n) is 2.07. The van der Waals surface area contributed by atoms with Gasteiger partial charge in [-0.25, -0.2) is 13.1 Å². The summed E-state index contributed by atoms with van der Waals surface area (Å²) >= 11 is 12.1. The van der Waals surface area contributed by atoms with Crippen LogP contribution in [0.4, 0.5) is 0 Å². The monoisotopic (exact) mass is 338 g/mol. The van der Waals surface area contributed by atoms with Crippen LogP contribution in [0.1, 0.15) is 18.4 Å². The number of benzene rings is 1. The van der Waals surface area contributed by atoms with Crippen LogP contribution in [0.3, 0.4) is 0 Å². The Morgan fingerprint density at radius 2 is 1.95 bits per heavy atom. The van der Waals surface area contributed by atoms with Crippen molar-refractivity contribution in [2.24, 2.45) is 5.73 Å². The Morgan fingerprint density at radius 3 is 2.55 bits per heavy atom. The summed E-state index contributed by atoms with van der Waals surface area (Å²) in [6.07, 6.45) is 1.29. The molecule has 8 heteroatoms. The number of hydrogen-bond acceptors (Lipinski definition) is 4. The van der Waals surface area contributed by atoms with Crippen LogP contribution in [0.15, 0.2) is 17.0 Å². The van der Waals surface area contributed by atoms with Gasteiger partial charge in [-0.2, -0.15) is 0 Å². The summed E-state index contributed by atoms with van der Waals surface area (Å²) in [6.45, 7) is 1.18. The molecule has 2 rings (SSSR count). The molecule has 0 aliphatic carbocycles. The molecule has 0 saturated carbocycles. The number of nitrogens with two attached hydrogens (primary N) is 1. The maximum atomic E-state index is 12.4. The molecule has 1 heterocycles. The van der Waals surface area contributed by atoms with Gasteiger partial charge in [-0.05, 0) is 25.0 Å². The molecule has 0 radical (unpaired) electrons. The van der Waals surface area contributed by atoms with Gasteiger partial charge in [0.05, 0.1) is 5.02 Å². The lowest BCUT2D eigenvalue weighted by molar-refractivity contribution is 0.0832. The van der Waals surface area contributed by atoms with Crippen molar-refractivity contribution in [2.45, 2.75) is 30.3 Å². The van der Waals surface area contributed by atoms with E-state index >= 15 is 0 Å². The van der Waals surface area contributed by atoms with Crippen LogP contribution in [0.5, 0.6) is 0 Å². The molecule has 1 aromatic carbocycles. The lowest BCUT2D eigenvalue weighted by atomic mass is 10.1. The molecule has 0 aromatic heterocycles. The van der Waals surface area contributed by atoms with Crippen molar-refractivity contribution in [1.82, 2.24) is 4.72 Å². The van der Waals surface area contributed by atoms with E-state index in [4.69, 9.17) is 33.7 Å². The summed E-state index contributed by atoms with van der Waals surface area (Å²) in [7, 11) is -3.69. The van der Waals surface area contributed by atoms with Gasteiger partial charge in [-0.3, -0.25) is 0 Å². The van der Waals surface area contributed by atoms with Crippen LogP contribution in [-0.4, -0.2) is 27.7 Å². The van der Waals surface area contributed by atoms with Crippen molar-refractivity contribution in [3.05, 3.63) is 27.7 Å². The van der Waals surface area contributed by atoms with E-state index in [0.29, 0.717) is 36.6 Å². The fraction of sp³-hybridized carbons (Fsp3) is 0.500. The first-order chi connectivity index (χ1) is 9.45. The van der Waals surface area contributed by atoms with Crippen LogP contribution in [0.2, 0.25) is 10.0 Å². The molecule has 0 atom stereocenters. The van der Waals surface area contributed by atoms with E-state index in [9.17, 15) is 8.42 Å². The van der Waals surface area contributed by atoms with E-state index < -0.39 is 10.0 Å². The van der Waals surface area contributed by atoms with Gasteiger partial charge in [0.25, 0.3) is 0 Å². The molecule has 0 bridgehead atoms. The maximum Gasteiger partial charge on any atom is 0.242 e. The first-order valence-electron chi connectivity index (χ1n) is 6.22. The zero-order chi connectivity index (χ0) is 14.8. The summed E-state index contributed by atoms with van der Waals surface area (Å²) in [5.74, 6) is 0. The van der Waals surface area contributed by atoms with E-state index in [0.717, 1.165) is 0 Å². The zero-order valence-electron chi connectivity index (χ0n) is 10.7. The minimum absolute atomic E-state index is 0.00973. The van der Waals surface area contributed by atoms with E-state index in [1.807, 2.05) is 0 Å². The Kier molecular flexibility index (Phi) is 5.28. The molecule has 1 saturated heterocycles. The van der Waals surface area contributed by atoms with Gasteiger partial charge in [0.1, 0.15) is 4.90 Å².